The lowest BCUT2D eigenvalue weighted by molar-refractivity contribution is 0.241. The minimum atomic E-state index is -0.734. The lowest BCUT2D eigenvalue weighted by atomic mass is 10.2. The molecule has 18 heavy (non-hydrogen) atoms. The summed E-state index contributed by atoms with van der Waals surface area (Å²) >= 11 is 0. The maximum atomic E-state index is 11.6. The van der Waals surface area contributed by atoms with Crippen LogP contribution in [0.15, 0.2) is 27.4 Å². The summed E-state index contributed by atoms with van der Waals surface area (Å²) in [5.41, 5.74) is -0.517. The fraction of sp³-hybridized carbons (Fsp3) is 0.308. The quantitative estimate of drug-likeness (QED) is 0.846. The van der Waals surface area contributed by atoms with Gasteiger partial charge >= 0.3 is 5.63 Å². The number of fused-ring (bicyclic) bond motifs is 1. The van der Waals surface area contributed by atoms with Crippen molar-refractivity contribution in [2.24, 2.45) is 0 Å². The van der Waals surface area contributed by atoms with Crippen molar-refractivity contribution in [1.29, 1.82) is 0 Å². The van der Waals surface area contributed by atoms with Crippen LogP contribution in [-0.2, 0) is 0 Å². The minimum absolute atomic E-state index is 0.0647. The molecule has 0 aliphatic rings. The Morgan fingerprint density at radius 2 is 2.06 bits per heavy atom. The third-order valence-electron chi connectivity index (χ3n) is 2.40. The fourth-order valence-electron chi connectivity index (χ4n) is 1.69. The predicted octanol–water partition coefficient (Wildman–Crippen LogP) is 2.29. The molecule has 1 aromatic carbocycles. The van der Waals surface area contributed by atoms with E-state index in [1.54, 1.807) is 18.2 Å². The summed E-state index contributed by atoms with van der Waals surface area (Å²) in [6.45, 7) is 3.72. The van der Waals surface area contributed by atoms with Gasteiger partial charge < -0.3 is 19.0 Å². The van der Waals surface area contributed by atoms with Crippen molar-refractivity contribution in [3.8, 4) is 17.2 Å². The Morgan fingerprint density at radius 3 is 2.67 bits per heavy atom. The topological polar surface area (TPSA) is 68.9 Å². The lowest BCUT2D eigenvalue weighted by Crippen LogP contribution is -2.08. The van der Waals surface area contributed by atoms with Gasteiger partial charge in [0.05, 0.1) is 18.6 Å². The number of benzene rings is 1. The van der Waals surface area contributed by atoms with E-state index in [2.05, 4.69) is 0 Å². The normalized spacial score (nSPS) is 10.9. The Morgan fingerprint density at radius 1 is 1.33 bits per heavy atom. The number of para-hydroxylation sites is 1. The molecule has 0 saturated heterocycles. The van der Waals surface area contributed by atoms with Gasteiger partial charge in [0.1, 0.15) is 0 Å². The third-order valence-corrected chi connectivity index (χ3v) is 2.40. The lowest BCUT2D eigenvalue weighted by Gasteiger charge is -2.12. The maximum absolute atomic E-state index is 11.6. The molecule has 5 heteroatoms. The van der Waals surface area contributed by atoms with Crippen LogP contribution in [0.3, 0.4) is 0 Å². The second-order valence-corrected chi connectivity index (χ2v) is 4.07. The van der Waals surface area contributed by atoms with Gasteiger partial charge in [-0.25, -0.2) is 4.79 Å². The standard InChI is InChI=1S/C13H14O5/c1-7(2)17-9-6-4-5-8-10(14)12(16-3)13(15)18-11(8)9/h4-7,14H,1-3H3. The molecular weight excluding hydrogens is 236 g/mol. The summed E-state index contributed by atoms with van der Waals surface area (Å²) in [4.78, 5) is 11.6. The number of ether oxygens (including phenoxy) is 2. The molecule has 0 unspecified atom stereocenters. The zero-order valence-electron chi connectivity index (χ0n) is 10.4. The van der Waals surface area contributed by atoms with Crippen molar-refractivity contribution in [2.45, 2.75) is 20.0 Å². The third kappa shape index (κ3) is 1.99. The first-order valence-electron chi connectivity index (χ1n) is 5.54. The first kappa shape index (κ1) is 12.3. The molecule has 0 aliphatic heterocycles. The molecule has 96 valence electrons. The summed E-state index contributed by atoms with van der Waals surface area (Å²) in [6, 6.07) is 5.01. The molecule has 2 aromatic rings. The van der Waals surface area contributed by atoms with E-state index in [0.717, 1.165) is 0 Å². The molecule has 0 bridgehead atoms. The summed E-state index contributed by atoms with van der Waals surface area (Å²) < 4.78 is 15.5. The number of hydrogen-bond donors (Lipinski definition) is 1. The number of hydrogen-bond acceptors (Lipinski definition) is 5. The van der Waals surface area contributed by atoms with Crippen molar-refractivity contribution in [3.63, 3.8) is 0 Å². The number of aromatic hydroxyl groups is 1. The minimum Gasteiger partial charge on any atom is -0.504 e. The van der Waals surface area contributed by atoms with Crippen LogP contribution in [0.1, 0.15) is 13.8 Å². The van der Waals surface area contributed by atoms with Crippen LogP contribution < -0.4 is 15.1 Å². The molecule has 2 rings (SSSR count). The van der Waals surface area contributed by atoms with E-state index in [9.17, 15) is 9.90 Å². The van der Waals surface area contributed by atoms with Gasteiger partial charge in [-0.3, -0.25) is 0 Å². The van der Waals surface area contributed by atoms with Gasteiger partial charge in [0, 0.05) is 0 Å². The van der Waals surface area contributed by atoms with Crippen LogP contribution in [0, 0.1) is 0 Å². The van der Waals surface area contributed by atoms with Gasteiger partial charge in [0.15, 0.2) is 17.1 Å². The van der Waals surface area contributed by atoms with Gasteiger partial charge in [-0.15, -0.1) is 0 Å². The Balaban J connectivity index is 2.75. The van der Waals surface area contributed by atoms with E-state index in [1.165, 1.54) is 7.11 Å². The highest BCUT2D eigenvalue weighted by Gasteiger charge is 2.17. The molecule has 0 radical (unpaired) electrons. The Hall–Kier alpha value is -2.17. The molecule has 0 amide bonds. The predicted molar refractivity (Wildman–Crippen MR) is 66.5 cm³/mol. The molecule has 1 aromatic heterocycles. The monoisotopic (exact) mass is 250 g/mol. The Labute approximate surface area is 104 Å². The van der Waals surface area contributed by atoms with E-state index in [0.29, 0.717) is 11.1 Å². The molecule has 0 atom stereocenters. The number of methoxy groups -OCH3 is 1. The molecule has 5 nitrogen and oxygen atoms in total. The van der Waals surface area contributed by atoms with E-state index < -0.39 is 5.63 Å². The molecule has 0 aliphatic carbocycles. The van der Waals surface area contributed by atoms with Gasteiger partial charge in [0.2, 0.25) is 5.75 Å². The van der Waals surface area contributed by atoms with Crippen molar-refractivity contribution >= 4 is 11.0 Å². The second-order valence-electron chi connectivity index (χ2n) is 4.07. The molecule has 1 heterocycles. The van der Waals surface area contributed by atoms with Crippen molar-refractivity contribution in [1.82, 2.24) is 0 Å². The van der Waals surface area contributed by atoms with Gasteiger partial charge in [0.25, 0.3) is 0 Å². The highest BCUT2D eigenvalue weighted by molar-refractivity contribution is 5.89. The summed E-state index contributed by atoms with van der Waals surface area (Å²) in [5, 5.41) is 10.3. The van der Waals surface area contributed by atoms with Crippen molar-refractivity contribution in [3.05, 3.63) is 28.6 Å². The van der Waals surface area contributed by atoms with Crippen LogP contribution in [0.5, 0.6) is 17.2 Å². The van der Waals surface area contributed by atoms with Crippen molar-refractivity contribution < 1.29 is 19.0 Å². The maximum Gasteiger partial charge on any atom is 0.383 e. The molecular formula is C13H14O5. The van der Waals surface area contributed by atoms with E-state index in [4.69, 9.17) is 13.9 Å². The van der Waals surface area contributed by atoms with E-state index >= 15 is 0 Å². The van der Waals surface area contributed by atoms with Crippen LogP contribution in [0.25, 0.3) is 11.0 Å². The first-order valence-corrected chi connectivity index (χ1v) is 5.54. The Kier molecular flexibility index (Phi) is 3.14. The average molecular weight is 250 g/mol. The van der Waals surface area contributed by atoms with Gasteiger partial charge in [-0.05, 0) is 26.0 Å². The first-order chi connectivity index (χ1) is 8.54. The molecule has 1 N–H and O–H groups in total. The second kappa shape index (κ2) is 4.60. The summed E-state index contributed by atoms with van der Waals surface area (Å²) in [7, 11) is 1.30. The van der Waals surface area contributed by atoms with Crippen LogP contribution >= 0.6 is 0 Å². The van der Waals surface area contributed by atoms with Crippen molar-refractivity contribution in [2.75, 3.05) is 7.11 Å². The largest absolute Gasteiger partial charge is 0.504 e. The van der Waals surface area contributed by atoms with Gasteiger partial charge in [-0.2, -0.15) is 0 Å². The Bertz CT molecular complexity index is 627. The van der Waals surface area contributed by atoms with Crippen LogP contribution in [0.4, 0.5) is 0 Å². The molecule has 0 saturated carbocycles. The van der Waals surface area contributed by atoms with E-state index in [-0.39, 0.29) is 23.2 Å². The number of rotatable bonds is 3. The summed E-state index contributed by atoms with van der Waals surface area (Å²) in [5.74, 6) is -0.0280. The molecule has 0 fully saturated rings. The molecule has 0 spiro atoms. The average Bonchev–Trinajstić information content (AvgIpc) is 2.30. The zero-order valence-corrected chi connectivity index (χ0v) is 10.4. The zero-order chi connectivity index (χ0) is 13.3. The van der Waals surface area contributed by atoms with Gasteiger partial charge in [-0.1, -0.05) is 6.07 Å². The van der Waals surface area contributed by atoms with E-state index in [1.807, 2.05) is 13.8 Å². The fourth-order valence-corrected chi connectivity index (χ4v) is 1.69. The SMILES string of the molecule is COc1c(O)c2cccc(OC(C)C)c2oc1=O. The highest BCUT2D eigenvalue weighted by Crippen LogP contribution is 2.35. The summed E-state index contributed by atoms with van der Waals surface area (Å²) in [6.07, 6.45) is -0.0647. The smallest absolute Gasteiger partial charge is 0.383 e. The van der Waals surface area contributed by atoms with Crippen LogP contribution in [-0.4, -0.2) is 18.3 Å². The van der Waals surface area contributed by atoms with Crippen LogP contribution in [0.2, 0.25) is 0 Å². The highest BCUT2D eigenvalue weighted by atomic mass is 16.5.